The SMILES string of the molecule is COc1ccc(NC(=O)Cn2c(-c3ccc(C)cc3)csc2=S)cc1NC(C)=O. The second-order valence-corrected chi connectivity index (χ2v) is 7.99. The third-order valence-electron chi connectivity index (χ3n) is 4.23. The van der Waals surface area contributed by atoms with Gasteiger partial charge in [0.2, 0.25) is 11.8 Å². The summed E-state index contributed by atoms with van der Waals surface area (Å²) in [7, 11) is 1.52. The van der Waals surface area contributed by atoms with Crippen molar-refractivity contribution in [3.05, 3.63) is 57.4 Å². The van der Waals surface area contributed by atoms with Crippen LogP contribution in [0.2, 0.25) is 0 Å². The van der Waals surface area contributed by atoms with Crippen molar-refractivity contribution < 1.29 is 14.3 Å². The zero-order valence-corrected chi connectivity index (χ0v) is 17.9. The van der Waals surface area contributed by atoms with E-state index in [1.165, 1.54) is 30.9 Å². The minimum atomic E-state index is -0.223. The van der Waals surface area contributed by atoms with Gasteiger partial charge in [0.15, 0.2) is 3.95 Å². The topological polar surface area (TPSA) is 72.4 Å². The fourth-order valence-corrected chi connectivity index (χ4v) is 3.92. The maximum absolute atomic E-state index is 12.7. The number of nitrogens with one attached hydrogen (secondary N) is 2. The minimum Gasteiger partial charge on any atom is -0.495 e. The summed E-state index contributed by atoms with van der Waals surface area (Å²) in [6.45, 7) is 3.53. The monoisotopic (exact) mass is 427 g/mol. The van der Waals surface area contributed by atoms with Crippen LogP contribution in [0, 0.1) is 10.9 Å². The molecule has 8 heteroatoms. The highest BCUT2D eigenvalue weighted by molar-refractivity contribution is 7.73. The summed E-state index contributed by atoms with van der Waals surface area (Å²) in [6, 6.07) is 13.2. The van der Waals surface area contributed by atoms with Gasteiger partial charge in [-0.25, -0.2) is 0 Å². The molecular weight excluding hydrogens is 406 g/mol. The lowest BCUT2D eigenvalue weighted by Crippen LogP contribution is -2.19. The highest BCUT2D eigenvalue weighted by Gasteiger charge is 2.13. The van der Waals surface area contributed by atoms with Gasteiger partial charge in [-0.15, -0.1) is 11.3 Å². The van der Waals surface area contributed by atoms with Crippen molar-refractivity contribution in [2.45, 2.75) is 20.4 Å². The van der Waals surface area contributed by atoms with E-state index in [-0.39, 0.29) is 18.4 Å². The van der Waals surface area contributed by atoms with Crippen LogP contribution in [0.1, 0.15) is 12.5 Å². The Balaban J connectivity index is 1.80. The Bertz CT molecular complexity index is 1100. The molecule has 0 unspecified atom stereocenters. The van der Waals surface area contributed by atoms with Crippen LogP contribution < -0.4 is 15.4 Å². The maximum Gasteiger partial charge on any atom is 0.244 e. The van der Waals surface area contributed by atoms with Gasteiger partial charge in [-0.3, -0.25) is 9.59 Å². The van der Waals surface area contributed by atoms with E-state index in [0.717, 1.165) is 11.3 Å². The van der Waals surface area contributed by atoms with E-state index >= 15 is 0 Å². The molecule has 0 aliphatic rings. The predicted octanol–water partition coefficient (Wildman–Crippen LogP) is 4.86. The van der Waals surface area contributed by atoms with Crippen molar-refractivity contribution in [1.82, 2.24) is 4.57 Å². The van der Waals surface area contributed by atoms with Gasteiger partial charge in [0.05, 0.1) is 18.5 Å². The van der Waals surface area contributed by atoms with Crippen LogP contribution in [-0.4, -0.2) is 23.5 Å². The Morgan fingerprint density at radius 3 is 2.52 bits per heavy atom. The van der Waals surface area contributed by atoms with E-state index in [9.17, 15) is 9.59 Å². The molecule has 2 amide bonds. The number of carbonyl (C=O) groups excluding carboxylic acids is 2. The number of carbonyl (C=O) groups is 2. The van der Waals surface area contributed by atoms with Crippen molar-refractivity contribution in [3.63, 3.8) is 0 Å². The van der Waals surface area contributed by atoms with Crippen molar-refractivity contribution in [1.29, 1.82) is 0 Å². The number of nitrogens with zero attached hydrogens (tertiary/aromatic N) is 1. The average molecular weight is 428 g/mol. The lowest BCUT2D eigenvalue weighted by Gasteiger charge is -2.13. The van der Waals surface area contributed by atoms with Gasteiger partial charge < -0.3 is 19.9 Å². The number of hydrogen-bond acceptors (Lipinski definition) is 5. The molecule has 3 aromatic rings. The van der Waals surface area contributed by atoms with Crippen LogP contribution >= 0.6 is 23.6 Å². The molecule has 0 bridgehead atoms. The number of amides is 2. The molecule has 0 aliphatic heterocycles. The molecule has 0 radical (unpaired) electrons. The Morgan fingerprint density at radius 1 is 1.14 bits per heavy atom. The number of thiazole rings is 1. The first-order chi connectivity index (χ1) is 13.9. The van der Waals surface area contributed by atoms with Crippen molar-refractivity contribution >= 4 is 46.7 Å². The summed E-state index contributed by atoms with van der Waals surface area (Å²) < 4.78 is 7.68. The number of aromatic nitrogens is 1. The molecule has 29 heavy (non-hydrogen) atoms. The second kappa shape index (κ2) is 9.02. The molecule has 0 spiro atoms. The van der Waals surface area contributed by atoms with Gasteiger partial charge in [0, 0.05) is 18.0 Å². The second-order valence-electron chi connectivity index (χ2n) is 6.48. The first-order valence-electron chi connectivity index (χ1n) is 8.88. The van der Waals surface area contributed by atoms with Crippen LogP contribution in [0.3, 0.4) is 0 Å². The molecule has 0 atom stereocenters. The number of benzene rings is 2. The third-order valence-corrected chi connectivity index (χ3v) is 5.50. The molecule has 150 valence electrons. The van der Waals surface area contributed by atoms with Gasteiger partial charge >= 0.3 is 0 Å². The van der Waals surface area contributed by atoms with Crippen LogP contribution in [0.15, 0.2) is 47.8 Å². The third kappa shape index (κ3) is 5.10. The van der Waals surface area contributed by atoms with E-state index in [1.807, 2.05) is 41.1 Å². The fourth-order valence-electron chi connectivity index (χ4n) is 2.85. The molecule has 1 heterocycles. The van der Waals surface area contributed by atoms with Gasteiger partial charge in [-0.05, 0) is 42.9 Å². The van der Waals surface area contributed by atoms with Gasteiger partial charge in [0.25, 0.3) is 0 Å². The summed E-state index contributed by atoms with van der Waals surface area (Å²) in [5.74, 6) is 0.0748. The highest BCUT2D eigenvalue weighted by atomic mass is 32.1. The molecule has 2 N–H and O–H groups in total. The first kappa shape index (κ1) is 20.8. The maximum atomic E-state index is 12.7. The molecule has 3 rings (SSSR count). The fraction of sp³-hybridized carbons (Fsp3) is 0.190. The van der Waals surface area contributed by atoms with E-state index in [2.05, 4.69) is 10.6 Å². The molecule has 6 nitrogen and oxygen atoms in total. The Kier molecular flexibility index (Phi) is 6.46. The Labute approximate surface area is 178 Å². The molecule has 0 aliphatic carbocycles. The van der Waals surface area contributed by atoms with E-state index in [4.69, 9.17) is 17.0 Å². The van der Waals surface area contributed by atoms with Gasteiger partial charge in [-0.1, -0.05) is 29.8 Å². The summed E-state index contributed by atoms with van der Waals surface area (Å²) >= 11 is 6.85. The number of hydrogen-bond donors (Lipinski definition) is 2. The molecule has 2 aromatic carbocycles. The average Bonchev–Trinajstić information content (AvgIpc) is 3.02. The highest BCUT2D eigenvalue weighted by Crippen LogP contribution is 2.28. The Hall–Kier alpha value is -2.97. The van der Waals surface area contributed by atoms with Crippen LogP contribution in [0.5, 0.6) is 5.75 Å². The summed E-state index contributed by atoms with van der Waals surface area (Å²) in [5.41, 5.74) is 4.13. The van der Waals surface area contributed by atoms with Crippen LogP contribution in [-0.2, 0) is 16.1 Å². The van der Waals surface area contributed by atoms with Crippen molar-refractivity contribution in [2.75, 3.05) is 17.7 Å². The normalized spacial score (nSPS) is 10.4. The molecule has 1 aromatic heterocycles. The lowest BCUT2D eigenvalue weighted by molar-refractivity contribution is -0.116. The zero-order valence-electron chi connectivity index (χ0n) is 16.3. The largest absolute Gasteiger partial charge is 0.495 e. The quantitative estimate of drug-likeness (QED) is 0.551. The van der Waals surface area contributed by atoms with Gasteiger partial charge in [0.1, 0.15) is 12.3 Å². The standard InChI is InChI=1S/C21H21N3O3S2/c1-13-4-6-15(7-5-13)18-12-29-21(28)24(18)11-20(26)23-16-8-9-19(27-3)17(10-16)22-14(2)25/h4-10,12H,11H2,1-3H3,(H,22,25)(H,23,26). The first-order valence-corrected chi connectivity index (χ1v) is 10.2. The van der Waals surface area contributed by atoms with E-state index in [0.29, 0.717) is 21.1 Å². The summed E-state index contributed by atoms with van der Waals surface area (Å²) in [4.78, 5) is 24.1. The number of anilines is 2. The van der Waals surface area contributed by atoms with Crippen molar-refractivity contribution in [2.24, 2.45) is 0 Å². The van der Waals surface area contributed by atoms with Crippen LogP contribution in [0.25, 0.3) is 11.3 Å². The van der Waals surface area contributed by atoms with Crippen LogP contribution in [0.4, 0.5) is 11.4 Å². The number of rotatable bonds is 6. The van der Waals surface area contributed by atoms with E-state index < -0.39 is 0 Å². The van der Waals surface area contributed by atoms with Gasteiger partial charge in [-0.2, -0.15) is 0 Å². The predicted molar refractivity (Wildman–Crippen MR) is 119 cm³/mol. The smallest absolute Gasteiger partial charge is 0.244 e. The zero-order chi connectivity index (χ0) is 21.0. The lowest BCUT2D eigenvalue weighted by atomic mass is 10.1. The summed E-state index contributed by atoms with van der Waals surface area (Å²) in [5, 5.41) is 7.51. The Morgan fingerprint density at radius 2 is 1.86 bits per heavy atom. The number of ether oxygens (including phenoxy) is 1. The van der Waals surface area contributed by atoms with E-state index in [1.54, 1.807) is 18.2 Å². The molecule has 0 saturated carbocycles. The molecule has 0 saturated heterocycles. The molecular formula is C21H21N3O3S2. The number of aryl methyl sites for hydroxylation is 1. The summed E-state index contributed by atoms with van der Waals surface area (Å²) in [6.07, 6.45) is 0. The van der Waals surface area contributed by atoms with Crippen molar-refractivity contribution in [3.8, 4) is 17.0 Å². The number of methoxy groups -OCH3 is 1. The minimum absolute atomic E-state index is 0.0903. The molecule has 0 fully saturated rings.